The molecule has 0 atom stereocenters. The van der Waals surface area contributed by atoms with Crippen LogP contribution in [0.25, 0.3) is 21.3 Å². The Morgan fingerprint density at radius 2 is 1.77 bits per heavy atom. The zero-order valence-electron chi connectivity index (χ0n) is 17.2. The van der Waals surface area contributed by atoms with Crippen LogP contribution < -0.4 is 10.1 Å². The Hall–Kier alpha value is -3.22. The molecule has 30 heavy (non-hydrogen) atoms. The van der Waals surface area contributed by atoms with Gasteiger partial charge in [-0.05, 0) is 49.5 Å². The van der Waals surface area contributed by atoms with Gasteiger partial charge in [-0.3, -0.25) is 10.1 Å². The Labute approximate surface area is 179 Å². The second-order valence-electron chi connectivity index (χ2n) is 7.27. The van der Waals surface area contributed by atoms with Gasteiger partial charge in [0.2, 0.25) is 0 Å². The van der Waals surface area contributed by atoms with Crippen molar-refractivity contribution in [3.05, 3.63) is 77.9 Å². The Morgan fingerprint density at radius 3 is 2.43 bits per heavy atom. The minimum Gasteiger partial charge on any atom is -0.494 e. The van der Waals surface area contributed by atoms with Crippen molar-refractivity contribution in [3.8, 4) is 16.9 Å². The lowest BCUT2D eigenvalue weighted by Gasteiger charge is -2.09. The first-order chi connectivity index (χ1) is 14.5. The number of carbonyl (C=O) groups excluding carboxylic acids is 1. The SMILES string of the molecule is COc1ccc(-c2ccccc2)c2sc(NC(=O)c3ccc(CN(C)C)cc3)nc12. The first-order valence-corrected chi connectivity index (χ1v) is 10.4. The van der Waals surface area contributed by atoms with Gasteiger partial charge < -0.3 is 9.64 Å². The smallest absolute Gasteiger partial charge is 0.257 e. The molecule has 1 amide bonds. The van der Waals surface area contributed by atoms with Crippen molar-refractivity contribution < 1.29 is 9.53 Å². The highest BCUT2D eigenvalue weighted by Crippen LogP contribution is 2.39. The van der Waals surface area contributed by atoms with Crippen LogP contribution in [0, 0.1) is 0 Å². The number of ether oxygens (including phenoxy) is 1. The van der Waals surface area contributed by atoms with Gasteiger partial charge in [-0.2, -0.15) is 0 Å². The number of aromatic nitrogens is 1. The molecule has 0 aliphatic carbocycles. The molecule has 0 unspecified atom stereocenters. The molecule has 1 aromatic heterocycles. The summed E-state index contributed by atoms with van der Waals surface area (Å²) in [6.07, 6.45) is 0. The lowest BCUT2D eigenvalue weighted by molar-refractivity contribution is 0.102. The summed E-state index contributed by atoms with van der Waals surface area (Å²) >= 11 is 1.45. The number of anilines is 1. The molecule has 3 aromatic carbocycles. The van der Waals surface area contributed by atoms with Crippen LogP contribution in [-0.4, -0.2) is 37.0 Å². The lowest BCUT2D eigenvalue weighted by Crippen LogP contribution is -2.13. The van der Waals surface area contributed by atoms with Crippen molar-refractivity contribution >= 4 is 32.6 Å². The number of methoxy groups -OCH3 is 1. The fourth-order valence-electron chi connectivity index (χ4n) is 3.34. The summed E-state index contributed by atoms with van der Waals surface area (Å²) in [5.41, 5.74) is 4.68. The monoisotopic (exact) mass is 417 g/mol. The molecule has 1 N–H and O–H groups in total. The van der Waals surface area contributed by atoms with E-state index in [1.54, 1.807) is 7.11 Å². The third kappa shape index (κ3) is 4.20. The molecule has 1 heterocycles. The molecule has 4 rings (SSSR count). The second-order valence-corrected chi connectivity index (χ2v) is 8.27. The predicted octanol–water partition coefficient (Wildman–Crippen LogP) is 5.29. The first kappa shape index (κ1) is 20.1. The van der Waals surface area contributed by atoms with Gasteiger partial charge in [-0.25, -0.2) is 4.98 Å². The van der Waals surface area contributed by atoms with Crippen LogP contribution in [0.15, 0.2) is 66.7 Å². The third-order valence-electron chi connectivity index (χ3n) is 4.75. The van der Waals surface area contributed by atoms with Crippen LogP contribution in [0.2, 0.25) is 0 Å². The lowest BCUT2D eigenvalue weighted by atomic mass is 10.1. The van der Waals surface area contributed by atoms with E-state index >= 15 is 0 Å². The van der Waals surface area contributed by atoms with Crippen LogP contribution >= 0.6 is 11.3 Å². The Morgan fingerprint density at radius 1 is 1.03 bits per heavy atom. The fraction of sp³-hybridized carbons (Fsp3) is 0.167. The zero-order chi connectivity index (χ0) is 21.1. The van der Waals surface area contributed by atoms with Crippen LogP contribution in [0.4, 0.5) is 5.13 Å². The predicted molar refractivity (Wildman–Crippen MR) is 123 cm³/mol. The molecule has 6 heteroatoms. The Balaban J connectivity index is 1.64. The number of nitrogens with one attached hydrogen (secondary N) is 1. The van der Waals surface area contributed by atoms with Crippen molar-refractivity contribution in [2.45, 2.75) is 6.54 Å². The van der Waals surface area contributed by atoms with Gasteiger partial charge in [0.15, 0.2) is 5.13 Å². The van der Waals surface area contributed by atoms with E-state index < -0.39 is 0 Å². The van der Waals surface area contributed by atoms with E-state index in [2.05, 4.69) is 27.3 Å². The Bertz CT molecular complexity index is 1170. The zero-order valence-corrected chi connectivity index (χ0v) is 18.0. The van der Waals surface area contributed by atoms with Crippen molar-refractivity contribution in [3.63, 3.8) is 0 Å². The average molecular weight is 418 g/mol. The largest absolute Gasteiger partial charge is 0.494 e. The Kier molecular flexibility index (Phi) is 5.79. The highest BCUT2D eigenvalue weighted by molar-refractivity contribution is 7.23. The van der Waals surface area contributed by atoms with Crippen molar-refractivity contribution in [1.29, 1.82) is 0 Å². The number of amides is 1. The van der Waals surface area contributed by atoms with Crippen LogP contribution in [-0.2, 0) is 6.54 Å². The van der Waals surface area contributed by atoms with Gasteiger partial charge in [0, 0.05) is 17.7 Å². The second kappa shape index (κ2) is 8.65. The normalized spacial score (nSPS) is 11.1. The van der Waals surface area contributed by atoms with Crippen molar-refractivity contribution in [1.82, 2.24) is 9.88 Å². The van der Waals surface area contributed by atoms with Crippen molar-refractivity contribution in [2.24, 2.45) is 0 Å². The molecule has 5 nitrogen and oxygen atoms in total. The van der Waals surface area contributed by atoms with Gasteiger partial charge in [-0.15, -0.1) is 0 Å². The summed E-state index contributed by atoms with van der Waals surface area (Å²) in [6, 6.07) is 21.7. The average Bonchev–Trinajstić information content (AvgIpc) is 3.17. The molecule has 0 spiro atoms. The van der Waals surface area contributed by atoms with E-state index in [0.717, 1.165) is 33.5 Å². The maximum absolute atomic E-state index is 12.7. The molecule has 0 fully saturated rings. The number of carbonyl (C=O) groups is 1. The third-order valence-corrected chi connectivity index (χ3v) is 5.75. The summed E-state index contributed by atoms with van der Waals surface area (Å²) in [5, 5.41) is 3.49. The van der Waals surface area contributed by atoms with E-state index in [-0.39, 0.29) is 5.91 Å². The van der Waals surface area contributed by atoms with Gasteiger partial charge in [0.05, 0.1) is 11.8 Å². The van der Waals surface area contributed by atoms with E-state index in [1.807, 2.05) is 68.7 Å². The molecular weight excluding hydrogens is 394 g/mol. The maximum Gasteiger partial charge on any atom is 0.257 e. The maximum atomic E-state index is 12.7. The van der Waals surface area contributed by atoms with Crippen LogP contribution in [0.3, 0.4) is 0 Å². The summed E-state index contributed by atoms with van der Waals surface area (Å²) in [6.45, 7) is 0.835. The first-order valence-electron chi connectivity index (χ1n) is 9.63. The van der Waals surface area contributed by atoms with Crippen molar-refractivity contribution in [2.75, 3.05) is 26.5 Å². The number of benzene rings is 3. The van der Waals surface area contributed by atoms with E-state index in [9.17, 15) is 4.79 Å². The van der Waals surface area contributed by atoms with Crippen LogP contribution in [0.5, 0.6) is 5.75 Å². The topological polar surface area (TPSA) is 54.5 Å². The fourth-order valence-corrected chi connectivity index (χ4v) is 4.36. The molecule has 152 valence electrons. The standard InChI is InChI=1S/C24H23N3O2S/c1-27(2)15-16-9-11-18(12-10-16)23(28)26-24-25-21-20(29-3)14-13-19(22(21)30-24)17-7-5-4-6-8-17/h4-14H,15H2,1-3H3,(H,25,26,28). The van der Waals surface area contributed by atoms with Gasteiger partial charge in [-0.1, -0.05) is 53.8 Å². The molecule has 4 aromatic rings. The molecular formula is C24H23N3O2S. The summed E-state index contributed by atoms with van der Waals surface area (Å²) in [7, 11) is 5.67. The number of hydrogen-bond donors (Lipinski definition) is 1. The van der Waals surface area contributed by atoms with E-state index in [4.69, 9.17) is 4.74 Å². The highest BCUT2D eigenvalue weighted by atomic mass is 32.1. The number of hydrogen-bond acceptors (Lipinski definition) is 5. The summed E-state index contributed by atoms with van der Waals surface area (Å²) in [5.74, 6) is 0.514. The van der Waals surface area contributed by atoms with E-state index in [1.165, 1.54) is 11.3 Å². The van der Waals surface area contributed by atoms with Gasteiger partial charge in [0.25, 0.3) is 5.91 Å². The highest BCUT2D eigenvalue weighted by Gasteiger charge is 2.16. The summed E-state index contributed by atoms with van der Waals surface area (Å²) < 4.78 is 6.48. The van der Waals surface area contributed by atoms with E-state index in [0.29, 0.717) is 16.4 Å². The molecule has 0 saturated heterocycles. The number of nitrogens with zero attached hydrogens (tertiary/aromatic N) is 2. The quantitative estimate of drug-likeness (QED) is 0.463. The number of rotatable bonds is 6. The van der Waals surface area contributed by atoms with Gasteiger partial charge >= 0.3 is 0 Å². The summed E-state index contributed by atoms with van der Waals surface area (Å²) in [4.78, 5) is 19.5. The minimum atomic E-state index is -0.175. The molecule has 0 aliphatic heterocycles. The molecule has 0 saturated carbocycles. The molecule has 0 bridgehead atoms. The van der Waals surface area contributed by atoms with Crippen LogP contribution in [0.1, 0.15) is 15.9 Å². The van der Waals surface area contributed by atoms with Gasteiger partial charge in [0.1, 0.15) is 11.3 Å². The minimum absolute atomic E-state index is 0.175. The number of fused-ring (bicyclic) bond motifs is 1. The molecule has 0 radical (unpaired) electrons. The molecule has 0 aliphatic rings. The number of thiazole rings is 1.